The molecule has 0 bridgehead atoms. The van der Waals surface area contributed by atoms with Crippen molar-refractivity contribution in [1.82, 2.24) is 14.8 Å². The maximum absolute atomic E-state index is 13.6. The van der Waals surface area contributed by atoms with Gasteiger partial charge in [-0.2, -0.15) is 4.39 Å². The summed E-state index contributed by atoms with van der Waals surface area (Å²) in [4.78, 5) is 15.0. The Balaban J connectivity index is 2.69. The zero-order chi connectivity index (χ0) is 11.0. The Kier molecular flexibility index (Phi) is 2.12. The number of nitrogens with two attached hydrogens (primary N) is 1. The van der Waals surface area contributed by atoms with E-state index in [0.717, 1.165) is 5.56 Å². The van der Waals surface area contributed by atoms with Crippen molar-refractivity contribution in [3.63, 3.8) is 0 Å². The highest BCUT2D eigenvalue weighted by Gasteiger charge is 2.17. The third-order valence-electron chi connectivity index (χ3n) is 2.05. The molecule has 2 heterocycles. The van der Waals surface area contributed by atoms with Gasteiger partial charge in [-0.05, 0) is 18.6 Å². The number of fused-ring (bicyclic) bond motifs is 1. The van der Waals surface area contributed by atoms with Crippen LogP contribution in [0.4, 0.5) is 4.39 Å². The summed E-state index contributed by atoms with van der Waals surface area (Å²) in [6, 6.07) is 3.41. The molecule has 5 nitrogen and oxygen atoms in total. The number of hydrogen-bond acceptors (Lipinski definition) is 3. The summed E-state index contributed by atoms with van der Waals surface area (Å²) < 4.78 is 14.8. The van der Waals surface area contributed by atoms with Gasteiger partial charge in [-0.25, -0.2) is 10.8 Å². The Morgan fingerprint density at radius 2 is 2.33 bits per heavy atom. The number of pyridine rings is 1. The summed E-state index contributed by atoms with van der Waals surface area (Å²) in [7, 11) is 0. The molecule has 1 amide bonds. The molecule has 0 unspecified atom stereocenters. The van der Waals surface area contributed by atoms with Gasteiger partial charge in [0.25, 0.3) is 5.91 Å². The first-order chi connectivity index (χ1) is 7.13. The zero-order valence-corrected chi connectivity index (χ0v) is 7.99. The van der Waals surface area contributed by atoms with Gasteiger partial charge in [0.2, 0.25) is 5.95 Å². The Morgan fingerprint density at radius 1 is 1.60 bits per heavy atom. The zero-order valence-electron chi connectivity index (χ0n) is 7.99. The molecule has 0 aliphatic carbocycles. The first kappa shape index (κ1) is 9.60. The summed E-state index contributed by atoms with van der Waals surface area (Å²) in [5.74, 6) is 3.46. The predicted molar refractivity (Wildman–Crippen MR) is 51.5 cm³/mol. The molecule has 2 rings (SSSR count). The largest absolute Gasteiger partial charge is 0.289 e. The van der Waals surface area contributed by atoms with Crippen LogP contribution in [0.2, 0.25) is 0 Å². The lowest BCUT2D eigenvalue weighted by atomic mass is 10.3. The summed E-state index contributed by atoms with van der Waals surface area (Å²) in [5, 5.41) is 0. The molecule has 0 saturated carbocycles. The Bertz CT molecular complexity index is 534. The summed E-state index contributed by atoms with van der Waals surface area (Å²) in [6.45, 7) is 1.82. The normalized spacial score (nSPS) is 10.6. The van der Waals surface area contributed by atoms with Crippen LogP contribution in [0.3, 0.4) is 0 Å². The minimum atomic E-state index is -0.742. The smallest absolute Gasteiger partial charge is 0.288 e. The first-order valence-electron chi connectivity index (χ1n) is 4.28. The van der Waals surface area contributed by atoms with Crippen LogP contribution in [-0.4, -0.2) is 15.3 Å². The molecule has 0 atom stereocenters. The lowest BCUT2D eigenvalue weighted by Gasteiger charge is -1.95. The van der Waals surface area contributed by atoms with E-state index in [4.69, 9.17) is 5.84 Å². The van der Waals surface area contributed by atoms with E-state index in [1.54, 1.807) is 18.3 Å². The van der Waals surface area contributed by atoms with Gasteiger partial charge in [0.05, 0.1) is 0 Å². The second-order valence-corrected chi connectivity index (χ2v) is 3.16. The van der Waals surface area contributed by atoms with E-state index >= 15 is 0 Å². The van der Waals surface area contributed by atoms with E-state index in [1.165, 1.54) is 4.40 Å². The second-order valence-electron chi connectivity index (χ2n) is 3.16. The van der Waals surface area contributed by atoms with Crippen LogP contribution < -0.4 is 11.3 Å². The van der Waals surface area contributed by atoms with Crippen molar-refractivity contribution in [2.45, 2.75) is 6.92 Å². The van der Waals surface area contributed by atoms with Crippen LogP contribution in [-0.2, 0) is 0 Å². The maximum Gasteiger partial charge on any atom is 0.288 e. The highest BCUT2D eigenvalue weighted by atomic mass is 19.1. The van der Waals surface area contributed by atoms with Gasteiger partial charge in [-0.15, -0.1) is 0 Å². The molecule has 0 aliphatic heterocycles. The van der Waals surface area contributed by atoms with Crippen LogP contribution in [0.15, 0.2) is 18.3 Å². The fourth-order valence-electron chi connectivity index (χ4n) is 1.34. The Hall–Kier alpha value is -1.95. The van der Waals surface area contributed by atoms with Crippen LogP contribution in [0.5, 0.6) is 0 Å². The summed E-state index contributed by atoms with van der Waals surface area (Å²) >= 11 is 0. The van der Waals surface area contributed by atoms with Crippen molar-refractivity contribution in [3.05, 3.63) is 35.5 Å². The van der Waals surface area contributed by atoms with E-state index in [2.05, 4.69) is 4.98 Å². The van der Waals surface area contributed by atoms with E-state index in [0.29, 0.717) is 5.65 Å². The van der Waals surface area contributed by atoms with Gasteiger partial charge in [0, 0.05) is 6.20 Å². The van der Waals surface area contributed by atoms with Crippen molar-refractivity contribution in [1.29, 1.82) is 0 Å². The molecule has 0 spiro atoms. The molecule has 2 aromatic rings. The number of nitrogens with zero attached hydrogens (tertiary/aromatic N) is 2. The molecule has 0 radical (unpaired) electrons. The minimum Gasteiger partial charge on any atom is -0.289 e. The van der Waals surface area contributed by atoms with E-state index in [9.17, 15) is 9.18 Å². The van der Waals surface area contributed by atoms with Crippen molar-refractivity contribution < 1.29 is 9.18 Å². The fourth-order valence-corrected chi connectivity index (χ4v) is 1.34. The number of amides is 1. The minimum absolute atomic E-state index is 0.303. The number of carbonyl (C=O) groups excluding carboxylic acids is 1. The van der Waals surface area contributed by atoms with Gasteiger partial charge in [-0.3, -0.25) is 14.6 Å². The molecule has 0 aromatic carbocycles. The van der Waals surface area contributed by atoms with Gasteiger partial charge < -0.3 is 0 Å². The van der Waals surface area contributed by atoms with Gasteiger partial charge in [-0.1, -0.05) is 6.07 Å². The highest BCUT2D eigenvalue weighted by molar-refractivity contribution is 5.92. The van der Waals surface area contributed by atoms with Gasteiger partial charge in [0.15, 0.2) is 5.69 Å². The average Bonchev–Trinajstić information content (AvgIpc) is 2.55. The van der Waals surface area contributed by atoms with Crippen LogP contribution in [0, 0.1) is 12.9 Å². The lowest BCUT2D eigenvalue weighted by Crippen LogP contribution is -2.31. The summed E-state index contributed by atoms with van der Waals surface area (Å²) in [5.41, 5.74) is 2.79. The van der Waals surface area contributed by atoms with Crippen molar-refractivity contribution >= 4 is 11.6 Å². The molecule has 0 saturated heterocycles. The van der Waals surface area contributed by atoms with Crippen molar-refractivity contribution in [2.24, 2.45) is 5.84 Å². The number of aryl methyl sites for hydroxylation is 1. The van der Waals surface area contributed by atoms with Crippen LogP contribution in [0.1, 0.15) is 16.1 Å². The molecular formula is C9H9FN4O. The molecule has 78 valence electrons. The van der Waals surface area contributed by atoms with Gasteiger partial charge in [0.1, 0.15) is 5.65 Å². The average molecular weight is 208 g/mol. The molecule has 3 N–H and O–H groups in total. The number of halogens is 1. The van der Waals surface area contributed by atoms with Gasteiger partial charge >= 0.3 is 0 Å². The van der Waals surface area contributed by atoms with E-state index in [1.807, 2.05) is 12.3 Å². The number of imidazole rings is 1. The monoisotopic (exact) mass is 208 g/mol. The molecule has 2 aromatic heterocycles. The standard InChI is InChI=1S/C9H9FN4O/c1-5-2-3-6-12-7(9(15)13-11)8(10)14(6)4-5/h2-4H,11H2,1H3,(H,13,15). The SMILES string of the molecule is Cc1ccc2nc(C(=O)NN)c(F)n2c1. The topological polar surface area (TPSA) is 72.4 Å². The first-order valence-corrected chi connectivity index (χ1v) is 4.28. The van der Waals surface area contributed by atoms with Crippen LogP contribution in [0.25, 0.3) is 5.65 Å². The summed E-state index contributed by atoms with van der Waals surface area (Å²) in [6.07, 6.45) is 1.56. The predicted octanol–water partition coefficient (Wildman–Crippen LogP) is 0.385. The number of nitrogen functional groups attached to an aromatic ring is 1. The van der Waals surface area contributed by atoms with Crippen molar-refractivity contribution in [2.75, 3.05) is 0 Å². The number of carbonyl (C=O) groups is 1. The number of hydrazine groups is 1. The van der Waals surface area contributed by atoms with Crippen molar-refractivity contribution in [3.8, 4) is 0 Å². The van der Waals surface area contributed by atoms with Crippen LogP contribution >= 0.6 is 0 Å². The lowest BCUT2D eigenvalue weighted by molar-refractivity contribution is 0.0944. The fraction of sp³-hybridized carbons (Fsp3) is 0.111. The number of nitrogens with one attached hydrogen (secondary N) is 1. The third kappa shape index (κ3) is 1.44. The third-order valence-corrected chi connectivity index (χ3v) is 2.05. The number of hydrogen-bond donors (Lipinski definition) is 2. The molecule has 0 fully saturated rings. The second kappa shape index (κ2) is 3.32. The van der Waals surface area contributed by atoms with E-state index in [-0.39, 0.29) is 5.69 Å². The Labute approximate surface area is 84.7 Å². The number of rotatable bonds is 1. The quantitative estimate of drug-likeness (QED) is 0.404. The number of aromatic nitrogens is 2. The maximum atomic E-state index is 13.6. The van der Waals surface area contributed by atoms with E-state index < -0.39 is 11.9 Å². The molecule has 6 heteroatoms. The molecular weight excluding hydrogens is 199 g/mol. The Morgan fingerprint density at radius 3 is 3.00 bits per heavy atom. The highest BCUT2D eigenvalue weighted by Crippen LogP contribution is 2.12. The molecule has 15 heavy (non-hydrogen) atoms. The molecule has 0 aliphatic rings.